The number of carbonyl (C=O) groups is 1. The first-order valence-corrected chi connectivity index (χ1v) is 5.36. The van der Waals surface area contributed by atoms with Crippen LogP contribution in [0.3, 0.4) is 0 Å². The first kappa shape index (κ1) is 12.5. The average molecular weight is 221 g/mol. The standard InChI is InChI=1S/C12H19N3O/c1-9(2)15-8-11(10(3)13-15)12(16)6-7-14(4)5/h6-9H,1-5H3/b7-6+. The molecule has 1 aromatic heterocycles. The van der Waals surface area contributed by atoms with Gasteiger partial charge in [-0.25, -0.2) is 0 Å². The van der Waals surface area contributed by atoms with Crippen LogP contribution in [0.25, 0.3) is 0 Å². The molecule has 0 amide bonds. The summed E-state index contributed by atoms with van der Waals surface area (Å²) >= 11 is 0. The van der Waals surface area contributed by atoms with Gasteiger partial charge in [-0.1, -0.05) is 0 Å². The molecular weight excluding hydrogens is 202 g/mol. The van der Waals surface area contributed by atoms with E-state index in [1.165, 1.54) is 0 Å². The lowest BCUT2D eigenvalue weighted by atomic mass is 10.2. The molecule has 0 unspecified atom stereocenters. The lowest BCUT2D eigenvalue weighted by molar-refractivity contribution is 0.104. The highest BCUT2D eigenvalue weighted by atomic mass is 16.1. The number of hydrogen-bond acceptors (Lipinski definition) is 3. The number of rotatable bonds is 4. The van der Waals surface area contributed by atoms with Crippen molar-refractivity contribution in [2.24, 2.45) is 0 Å². The maximum Gasteiger partial charge on any atom is 0.190 e. The Hall–Kier alpha value is -1.58. The lowest BCUT2D eigenvalue weighted by Gasteiger charge is -2.03. The van der Waals surface area contributed by atoms with Crippen LogP contribution < -0.4 is 0 Å². The van der Waals surface area contributed by atoms with Crippen molar-refractivity contribution in [1.82, 2.24) is 14.7 Å². The number of aromatic nitrogens is 2. The van der Waals surface area contributed by atoms with E-state index in [0.717, 1.165) is 5.69 Å². The third-order valence-corrected chi connectivity index (χ3v) is 2.24. The van der Waals surface area contributed by atoms with Gasteiger partial charge in [-0.05, 0) is 20.8 Å². The molecule has 0 radical (unpaired) electrons. The van der Waals surface area contributed by atoms with Gasteiger partial charge in [0.25, 0.3) is 0 Å². The number of allylic oxidation sites excluding steroid dienone is 1. The summed E-state index contributed by atoms with van der Waals surface area (Å²) in [5.41, 5.74) is 1.45. The van der Waals surface area contributed by atoms with Crippen molar-refractivity contribution in [1.29, 1.82) is 0 Å². The minimum absolute atomic E-state index is 0.00176. The summed E-state index contributed by atoms with van der Waals surface area (Å²) < 4.78 is 1.81. The van der Waals surface area contributed by atoms with Crippen LogP contribution in [0.15, 0.2) is 18.5 Å². The monoisotopic (exact) mass is 221 g/mol. The minimum Gasteiger partial charge on any atom is -0.383 e. The SMILES string of the molecule is Cc1nn(C(C)C)cc1C(=O)/C=C/N(C)C. The minimum atomic E-state index is -0.00176. The summed E-state index contributed by atoms with van der Waals surface area (Å²) in [5.74, 6) is -0.00176. The predicted octanol–water partition coefficient (Wildman–Crippen LogP) is 2.03. The molecule has 0 aliphatic heterocycles. The van der Waals surface area contributed by atoms with Gasteiger partial charge < -0.3 is 4.90 Å². The Bertz CT molecular complexity index is 402. The molecule has 1 aromatic rings. The Labute approximate surface area is 96.6 Å². The molecule has 0 saturated carbocycles. The van der Waals surface area contributed by atoms with Crippen LogP contribution in [0.1, 0.15) is 35.9 Å². The summed E-state index contributed by atoms with van der Waals surface area (Å²) in [6, 6.07) is 0.276. The second-order valence-electron chi connectivity index (χ2n) is 4.35. The Morgan fingerprint density at radius 1 is 1.50 bits per heavy atom. The number of ketones is 1. The van der Waals surface area contributed by atoms with E-state index in [2.05, 4.69) is 5.10 Å². The highest BCUT2D eigenvalue weighted by molar-refractivity contribution is 6.05. The molecule has 0 aliphatic rings. The van der Waals surface area contributed by atoms with Gasteiger partial charge >= 0.3 is 0 Å². The zero-order valence-corrected chi connectivity index (χ0v) is 10.6. The van der Waals surface area contributed by atoms with Gasteiger partial charge in [-0.2, -0.15) is 5.10 Å². The molecule has 16 heavy (non-hydrogen) atoms. The highest BCUT2D eigenvalue weighted by Gasteiger charge is 2.11. The molecule has 0 aromatic carbocycles. The van der Waals surface area contributed by atoms with Crippen molar-refractivity contribution in [2.45, 2.75) is 26.8 Å². The van der Waals surface area contributed by atoms with E-state index >= 15 is 0 Å². The van der Waals surface area contributed by atoms with Gasteiger partial charge in [0.1, 0.15) is 0 Å². The first-order valence-electron chi connectivity index (χ1n) is 5.36. The van der Waals surface area contributed by atoms with E-state index in [4.69, 9.17) is 0 Å². The number of nitrogens with zero attached hydrogens (tertiary/aromatic N) is 3. The van der Waals surface area contributed by atoms with Gasteiger partial charge in [-0.3, -0.25) is 9.48 Å². The molecule has 4 nitrogen and oxygen atoms in total. The second kappa shape index (κ2) is 4.96. The van der Waals surface area contributed by atoms with Crippen LogP contribution in [0.2, 0.25) is 0 Å². The normalized spacial score (nSPS) is 11.4. The van der Waals surface area contributed by atoms with Gasteiger partial charge in [0.05, 0.1) is 11.3 Å². The average Bonchev–Trinajstić information content (AvgIpc) is 2.57. The van der Waals surface area contributed by atoms with Crippen LogP contribution in [0.5, 0.6) is 0 Å². The fraction of sp³-hybridized carbons (Fsp3) is 0.500. The molecule has 88 valence electrons. The summed E-state index contributed by atoms with van der Waals surface area (Å²) in [6.45, 7) is 5.93. The molecule has 0 aliphatic carbocycles. The largest absolute Gasteiger partial charge is 0.383 e. The van der Waals surface area contributed by atoms with Gasteiger partial charge in [0.15, 0.2) is 5.78 Å². The summed E-state index contributed by atoms with van der Waals surface area (Å²) in [5, 5.41) is 4.31. The lowest BCUT2D eigenvalue weighted by Crippen LogP contribution is -2.03. The molecule has 0 bridgehead atoms. The van der Waals surface area contributed by atoms with Crippen molar-refractivity contribution < 1.29 is 4.79 Å². The van der Waals surface area contributed by atoms with Crippen molar-refractivity contribution >= 4 is 5.78 Å². The van der Waals surface area contributed by atoms with Gasteiger partial charge in [-0.15, -0.1) is 0 Å². The van der Waals surface area contributed by atoms with Gasteiger partial charge in [0, 0.05) is 38.6 Å². The van der Waals surface area contributed by atoms with E-state index in [1.807, 2.05) is 50.6 Å². The topological polar surface area (TPSA) is 38.1 Å². The predicted molar refractivity (Wildman–Crippen MR) is 64.5 cm³/mol. The number of aryl methyl sites for hydroxylation is 1. The third-order valence-electron chi connectivity index (χ3n) is 2.24. The molecule has 0 N–H and O–H groups in total. The van der Waals surface area contributed by atoms with E-state index in [-0.39, 0.29) is 11.8 Å². The van der Waals surface area contributed by atoms with Crippen LogP contribution in [-0.2, 0) is 0 Å². The molecule has 1 heterocycles. The summed E-state index contributed by atoms with van der Waals surface area (Å²) in [7, 11) is 3.77. The molecule has 0 saturated heterocycles. The van der Waals surface area contributed by atoms with E-state index in [9.17, 15) is 4.79 Å². The zero-order chi connectivity index (χ0) is 12.3. The quantitative estimate of drug-likeness (QED) is 0.577. The molecule has 0 spiro atoms. The molecule has 4 heteroatoms. The van der Waals surface area contributed by atoms with Crippen LogP contribution >= 0.6 is 0 Å². The van der Waals surface area contributed by atoms with Crippen LogP contribution in [-0.4, -0.2) is 34.6 Å². The Morgan fingerprint density at radius 2 is 2.12 bits per heavy atom. The summed E-state index contributed by atoms with van der Waals surface area (Å²) in [6.07, 6.45) is 5.12. The fourth-order valence-electron chi connectivity index (χ4n) is 1.29. The van der Waals surface area contributed by atoms with Crippen LogP contribution in [0, 0.1) is 6.92 Å². The third kappa shape index (κ3) is 2.95. The van der Waals surface area contributed by atoms with E-state index in [0.29, 0.717) is 5.56 Å². The molecular formula is C12H19N3O. The smallest absolute Gasteiger partial charge is 0.190 e. The first-order chi connectivity index (χ1) is 7.41. The summed E-state index contributed by atoms with van der Waals surface area (Å²) in [4.78, 5) is 13.7. The highest BCUT2D eigenvalue weighted by Crippen LogP contribution is 2.11. The van der Waals surface area contributed by atoms with Crippen molar-refractivity contribution in [3.8, 4) is 0 Å². The van der Waals surface area contributed by atoms with Crippen molar-refractivity contribution in [3.63, 3.8) is 0 Å². The Kier molecular flexibility index (Phi) is 3.88. The van der Waals surface area contributed by atoms with Crippen LogP contribution in [0.4, 0.5) is 0 Å². The Morgan fingerprint density at radius 3 is 2.56 bits per heavy atom. The number of carbonyl (C=O) groups excluding carboxylic acids is 1. The van der Waals surface area contributed by atoms with E-state index < -0.39 is 0 Å². The molecule has 0 fully saturated rings. The maximum atomic E-state index is 11.8. The van der Waals surface area contributed by atoms with Crippen molar-refractivity contribution in [3.05, 3.63) is 29.7 Å². The Balaban J connectivity index is 2.92. The number of hydrogen-bond donors (Lipinski definition) is 0. The maximum absolute atomic E-state index is 11.8. The van der Waals surface area contributed by atoms with E-state index in [1.54, 1.807) is 12.3 Å². The molecule has 1 rings (SSSR count). The van der Waals surface area contributed by atoms with Crippen molar-refractivity contribution in [2.75, 3.05) is 14.1 Å². The van der Waals surface area contributed by atoms with Gasteiger partial charge in [0.2, 0.25) is 0 Å². The zero-order valence-electron chi connectivity index (χ0n) is 10.6. The second-order valence-corrected chi connectivity index (χ2v) is 4.35. The fourth-order valence-corrected chi connectivity index (χ4v) is 1.29. The molecule has 0 atom stereocenters.